The van der Waals surface area contributed by atoms with Crippen LogP contribution < -0.4 is 0 Å². The van der Waals surface area contributed by atoms with E-state index in [-0.39, 0.29) is 17.1 Å². The van der Waals surface area contributed by atoms with E-state index in [2.05, 4.69) is 24.6 Å². The molecule has 0 saturated heterocycles. The second-order valence-electron chi connectivity index (χ2n) is 8.08. The summed E-state index contributed by atoms with van der Waals surface area (Å²) in [6.07, 6.45) is -1.14. The summed E-state index contributed by atoms with van der Waals surface area (Å²) in [5.74, 6) is 0. The standard InChI is InChI=1S/C19H24ClF3N2O2Si/c1-28(2,3)9-8-27-12-25-16(13-4-6-26-7-5-13)10-14-17(20)15(19(21,22)23)11-24-18(14)25/h4,10-11H,5-9,12H2,1-3H3. The largest absolute Gasteiger partial charge is 0.419 e. The van der Waals surface area contributed by atoms with E-state index in [1.54, 1.807) is 6.07 Å². The first-order valence-corrected chi connectivity index (χ1v) is 13.3. The number of hydrogen-bond acceptors (Lipinski definition) is 3. The summed E-state index contributed by atoms with van der Waals surface area (Å²) in [6, 6.07) is 2.68. The Hall–Kier alpha value is -1.35. The number of rotatable bonds is 6. The predicted octanol–water partition coefficient (Wildman–Crippen LogP) is 5.82. The number of ether oxygens (including phenoxy) is 2. The molecule has 0 bridgehead atoms. The fourth-order valence-corrected chi connectivity index (χ4v) is 4.11. The molecule has 0 saturated carbocycles. The highest BCUT2D eigenvalue weighted by Crippen LogP contribution is 2.39. The molecule has 0 fully saturated rings. The Kier molecular flexibility index (Phi) is 6.24. The smallest absolute Gasteiger partial charge is 0.377 e. The van der Waals surface area contributed by atoms with Gasteiger partial charge in [0.2, 0.25) is 0 Å². The normalized spacial score (nSPS) is 15.9. The van der Waals surface area contributed by atoms with Gasteiger partial charge in [-0.25, -0.2) is 4.98 Å². The minimum atomic E-state index is -4.55. The first-order chi connectivity index (χ1) is 13.1. The molecule has 0 N–H and O–H groups in total. The lowest BCUT2D eigenvalue weighted by Crippen LogP contribution is -2.22. The van der Waals surface area contributed by atoms with Crippen LogP contribution in [0.2, 0.25) is 30.7 Å². The van der Waals surface area contributed by atoms with Crippen molar-refractivity contribution in [3.8, 4) is 0 Å². The van der Waals surface area contributed by atoms with Crippen LogP contribution in [0.25, 0.3) is 16.6 Å². The van der Waals surface area contributed by atoms with Crippen molar-refractivity contribution >= 4 is 36.3 Å². The van der Waals surface area contributed by atoms with Gasteiger partial charge in [0.25, 0.3) is 0 Å². The van der Waals surface area contributed by atoms with Crippen LogP contribution in [0, 0.1) is 0 Å². The fraction of sp³-hybridized carbons (Fsp3) is 0.526. The number of aromatic nitrogens is 2. The third-order valence-corrected chi connectivity index (χ3v) is 6.78. The molecule has 0 atom stereocenters. The molecule has 1 aliphatic rings. The van der Waals surface area contributed by atoms with Crippen LogP contribution in [0.15, 0.2) is 18.3 Å². The minimum Gasteiger partial charge on any atom is -0.377 e. The molecule has 0 radical (unpaired) electrons. The van der Waals surface area contributed by atoms with Gasteiger partial charge < -0.3 is 14.0 Å². The number of alkyl halides is 3. The molecule has 9 heteroatoms. The van der Waals surface area contributed by atoms with Crippen LogP contribution in [0.5, 0.6) is 0 Å². The molecule has 0 spiro atoms. The molecule has 3 rings (SSSR count). The molecule has 4 nitrogen and oxygen atoms in total. The lowest BCUT2D eigenvalue weighted by molar-refractivity contribution is -0.137. The van der Waals surface area contributed by atoms with E-state index in [1.807, 2.05) is 10.6 Å². The summed E-state index contributed by atoms with van der Waals surface area (Å²) in [5.41, 5.74) is 1.25. The Morgan fingerprint density at radius 3 is 2.68 bits per heavy atom. The molecule has 28 heavy (non-hydrogen) atoms. The van der Waals surface area contributed by atoms with Crippen LogP contribution in [-0.4, -0.2) is 37.4 Å². The van der Waals surface area contributed by atoms with Gasteiger partial charge in [-0.05, 0) is 24.1 Å². The van der Waals surface area contributed by atoms with E-state index in [1.165, 1.54) is 0 Å². The number of pyridine rings is 1. The maximum Gasteiger partial charge on any atom is 0.419 e. The Morgan fingerprint density at radius 1 is 1.32 bits per heavy atom. The van der Waals surface area contributed by atoms with Gasteiger partial charge in [-0.15, -0.1) is 0 Å². The van der Waals surface area contributed by atoms with Gasteiger partial charge in [0, 0.05) is 32.0 Å². The Morgan fingerprint density at radius 2 is 2.07 bits per heavy atom. The van der Waals surface area contributed by atoms with Crippen molar-refractivity contribution in [2.24, 2.45) is 0 Å². The molecule has 0 unspecified atom stereocenters. The zero-order chi connectivity index (χ0) is 20.5. The van der Waals surface area contributed by atoms with Crippen LogP contribution >= 0.6 is 11.6 Å². The van der Waals surface area contributed by atoms with Crippen molar-refractivity contribution in [2.45, 2.75) is 45.0 Å². The predicted molar refractivity (Wildman–Crippen MR) is 107 cm³/mol. The molecule has 1 aliphatic heterocycles. The van der Waals surface area contributed by atoms with Gasteiger partial charge >= 0.3 is 6.18 Å². The monoisotopic (exact) mass is 432 g/mol. The van der Waals surface area contributed by atoms with Crippen molar-refractivity contribution in [1.82, 2.24) is 9.55 Å². The maximum absolute atomic E-state index is 13.2. The van der Waals surface area contributed by atoms with Crippen molar-refractivity contribution in [1.29, 1.82) is 0 Å². The highest BCUT2D eigenvalue weighted by Gasteiger charge is 2.35. The first-order valence-electron chi connectivity index (χ1n) is 9.18. The molecule has 154 valence electrons. The molecule has 0 aromatic carbocycles. The summed E-state index contributed by atoms with van der Waals surface area (Å²) >= 11 is 6.12. The van der Waals surface area contributed by atoms with Crippen molar-refractivity contribution in [2.75, 3.05) is 19.8 Å². The molecule has 0 aliphatic carbocycles. The van der Waals surface area contributed by atoms with Crippen molar-refractivity contribution in [3.05, 3.63) is 34.6 Å². The Labute approximate surface area is 168 Å². The highest BCUT2D eigenvalue weighted by atomic mass is 35.5. The maximum atomic E-state index is 13.2. The second kappa shape index (κ2) is 8.18. The highest BCUT2D eigenvalue weighted by molar-refractivity contribution is 6.76. The lowest BCUT2D eigenvalue weighted by atomic mass is 10.1. The van der Waals surface area contributed by atoms with Crippen LogP contribution in [0.1, 0.15) is 17.7 Å². The Bertz CT molecular complexity index is 888. The average Bonchev–Trinajstić information content (AvgIpc) is 2.97. The van der Waals surface area contributed by atoms with E-state index in [4.69, 9.17) is 21.1 Å². The molecule has 2 aromatic rings. The van der Waals surface area contributed by atoms with E-state index >= 15 is 0 Å². The van der Waals surface area contributed by atoms with Gasteiger partial charge in [0.1, 0.15) is 12.4 Å². The van der Waals surface area contributed by atoms with Gasteiger partial charge in [-0.2, -0.15) is 13.2 Å². The summed E-state index contributed by atoms with van der Waals surface area (Å²) in [4.78, 5) is 4.08. The quantitative estimate of drug-likeness (QED) is 0.426. The Balaban J connectivity index is 2.00. The van der Waals surface area contributed by atoms with E-state index in [9.17, 15) is 13.2 Å². The number of halogens is 4. The first kappa shape index (κ1) is 21.4. The topological polar surface area (TPSA) is 36.3 Å². The third kappa shape index (κ3) is 4.79. The zero-order valence-electron chi connectivity index (χ0n) is 16.2. The van der Waals surface area contributed by atoms with Crippen molar-refractivity contribution < 1.29 is 22.6 Å². The number of nitrogens with zero attached hydrogens (tertiary/aromatic N) is 2. The lowest BCUT2D eigenvalue weighted by Gasteiger charge is -2.18. The fourth-order valence-electron chi connectivity index (χ4n) is 3.06. The van der Waals surface area contributed by atoms with Gasteiger partial charge in [-0.1, -0.05) is 37.3 Å². The molecule has 2 aromatic heterocycles. The van der Waals surface area contributed by atoms with Crippen LogP contribution in [0.3, 0.4) is 0 Å². The summed E-state index contributed by atoms with van der Waals surface area (Å²) in [5, 5.41) is -0.0417. The molecule has 3 heterocycles. The van der Waals surface area contributed by atoms with E-state index in [0.29, 0.717) is 31.9 Å². The zero-order valence-corrected chi connectivity index (χ0v) is 18.0. The van der Waals surface area contributed by atoms with Gasteiger partial charge in [0.05, 0.1) is 23.8 Å². The average molecular weight is 433 g/mol. The number of fused-ring (bicyclic) bond motifs is 1. The van der Waals surface area contributed by atoms with Gasteiger partial charge in [-0.3, -0.25) is 0 Å². The second-order valence-corrected chi connectivity index (χ2v) is 14.1. The third-order valence-electron chi connectivity index (χ3n) is 4.67. The van der Waals surface area contributed by atoms with E-state index in [0.717, 1.165) is 23.5 Å². The minimum absolute atomic E-state index is 0.218. The van der Waals surface area contributed by atoms with Crippen LogP contribution in [0.4, 0.5) is 13.2 Å². The van der Waals surface area contributed by atoms with Crippen LogP contribution in [-0.2, 0) is 22.4 Å². The summed E-state index contributed by atoms with van der Waals surface area (Å²) < 4.78 is 52.7. The number of hydrogen-bond donors (Lipinski definition) is 0. The van der Waals surface area contributed by atoms with Crippen molar-refractivity contribution in [3.63, 3.8) is 0 Å². The molecular weight excluding hydrogens is 409 g/mol. The summed E-state index contributed by atoms with van der Waals surface area (Å²) in [6.45, 7) is 8.65. The molecule has 0 amide bonds. The molecular formula is C19H24ClF3N2O2Si. The van der Waals surface area contributed by atoms with E-state index < -0.39 is 19.8 Å². The SMILES string of the molecule is C[Si](C)(C)CCOCn1c(C2=CCOCC2)cc2c(Cl)c(C(F)(F)F)cnc21. The summed E-state index contributed by atoms with van der Waals surface area (Å²) in [7, 11) is -1.24. The van der Waals surface area contributed by atoms with Gasteiger partial charge in [0.15, 0.2) is 0 Å².